The summed E-state index contributed by atoms with van der Waals surface area (Å²) in [6.45, 7) is 4.34. The predicted molar refractivity (Wildman–Crippen MR) is 321 cm³/mol. The maximum absolute atomic E-state index is 12.8. The van der Waals surface area contributed by atoms with Crippen molar-refractivity contribution in [3.05, 3.63) is 72.9 Å². The Morgan fingerprint density at radius 2 is 0.760 bits per heavy atom. The van der Waals surface area contributed by atoms with E-state index in [1.807, 2.05) is 21.1 Å². The van der Waals surface area contributed by atoms with Crippen LogP contribution in [0.25, 0.3) is 0 Å². The Kier molecular flexibility index (Phi) is 54.3. The number of phosphoric acid groups is 1. The van der Waals surface area contributed by atoms with E-state index in [0.29, 0.717) is 17.4 Å². The van der Waals surface area contributed by atoms with Crippen molar-refractivity contribution in [2.45, 2.75) is 283 Å². The van der Waals surface area contributed by atoms with E-state index in [0.717, 1.165) is 83.5 Å². The molecular formula is C65H119NO8P+. The zero-order chi connectivity index (χ0) is 54.9. The summed E-state index contributed by atoms with van der Waals surface area (Å²) in [6, 6.07) is 0. The molecule has 0 spiro atoms. The summed E-state index contributed by atoms with van der Waals surface area (Å²) in [5.74, 6) is -0.798. The molecule has 0 aromatic carbocycles. The van der Waals surface area contributed by atoms with Crippen LogP contribution < -0.4 is 0 Å². The van der Waals surface area contributed by atoms with Crippen LogP contribution in [0, 0.1) is 0 Å². The van der Waals surface area contributed by atoms with Crippen LogP contribution in [0.1, 0.15) is 277 Å². The van der Waals surface area contributed by atoms with Crippen LogP contribution in [0.2, 0.25) is 0 Å². The summed E-state index contributed by atoms with van der Waals surface area (Å²) < 4.78 is 34.6. The molecule has 436 valence electrons. The maximum atomic E-state index is 12.8. The Morgan fingerprint density at radius 3 is 1.13 bits per heavy atom. The Labute approximate surface area is 463 Å². The van der Waals surface area contributed by atoms with Crippen molar-refractivity contribution in [1.29, 1.82) is 0 Å². The lowest BCUT2D eigenvalue weighted by molar-refractivity contribution is -0.870. The van der Waals surface area contributed by atoms with Gasteiger partial charge in [-0.3, -0.25) is 18.6 Å². The fraction of sp³-hybridized carbons (Fsp3) is 0.785. The van der Waals surface area contributed by atoms with Gasteiger partial charge in [0.25, 0.3) is 0 Å². The van der Waals surface area contributed by atoms with Crippen LogP contribution in [0.15, 0.2) is 72.9 Å². The molecule has 0 heterocycles. The third-order valence-corrected chi connectivity index (χ3v) is 14.5. The highest BCUT2D eigenvalue weighted by atomic mass is 31.2. The summed E-state index contributed by atoms with van der Waals surface area (Å²) in [6.07, 6.45) is 74.0. The SMILES string of the molecule is CC/C=C\C/C=C\C/C=C\C/C=C\C/C=C\C/C=C\CCCCCCCCCCC(=O)OC(COC(=O)CCCCCCCCCCCCCCCCCCCCCCCCCC)COP(=O)(O)OCC[N+](C)(C)C. The average molecular weight is 1070 g/mol. The van der Waals surface area contributed by atoms with E-state index in [4.69, 9.17) is 18.5 Å². The first kappa shape index (κ1) is 72.5. The molecule has 75 heavy (non-hydrogen) atoms. The summed E-state index contributed by atoms with van der Waals surface area (Å²) in [7, 11) is 1.47. The molecule has 9 nitrogen and oxygen atoms in total. The number of rotatable bonds is 57. The second-order valence-corrected chi connectivity index (χ2v) is 23.5. The van der Waals surface area contributed by atoms with Gasteiger partial charge in [-0.05, 0) is 64.2 Å². The molecule has 10 heteroatoms. The molecule has 0 rings (SSSR count). The first-order valence-corrected chi connectivity index (χ1v) is 32.7. The first-order chi connectivity index (χ1) is 36.5. The smallest absolute Gasteiger partial charge is 0.462 e. The Balaban J connectivity index is 4.14. The topological polar surface area (TPSA) is 108 Å². The molecule has 0 aliphatic heterocycles. The number of likely N-dealkylation sites (N-methyl/N-ethyl adjacent to an activating group) is 1. The quantitative estimate of drug-likeness (QED) is 0.0211. The van der Waals surface area contributed by atoms with Crippen LogP contribution >= 0.6 is 7.82 Å². The minimum atomic E-state index is -4.39. The number of ether oxygens (including phenoxy) is 2. The molecule has 0 aliphatic carbocycles. The van der Waals surface area contributed by atoms with Gasteiger partial charge in [-0.1, -0.05) is 273 Å². The number of unbranched alkanes of at least 4 members (excludes halogenated alkanes) is 31. The van der Waals surface area contributed by atoms with Gasteiger partial charge in [0, 0.05) is 12.8 Å². The van der Waals surface area contributed by atoms with E-state index in [2.05, 4.69) is 86.8 Å². The van der Waals surface area contributed by atoms with E-state index in [-0.39, 0.29) is 32.0 Å². The highest BCUT2D eigenvalue weighted by molar-refractivity contribution is 7.47. The second kappa shape index (κ2) is 56.2. The summed E-state index contributed by atoms with van der Waals surface area (Å²) in [5.41, 5.74) is 0. The number of phosphoric ester groups is 1. The minimum Gasteiger partial charge on any atom is -0.462 e. The highest BCUT2D eigenvalue weighted by Gasteiger charge is 2.27. The van der Waals surface area contributed by atoms with E-state index < -0.39 is 26.5 Å². The van der Waals surface area contributed by atoms with Crippen LogP contribution in [0.3, 0.4) is 0 Å². The van der Waals surface area contributed by atoms with Gasteiger partial charge in [0.05, 0.1) is 27.7 Å². The molecule has 0 aliphatic rings. The van der Waals surface area contributed by atoms with Gasteiger partial charge in [-0.2, -0.15) is 0 Å². The molecule has 0 radical (unpaired) electrons. The lowest BCUT2D eigenvalue weighted by Crippen LogP contribution is -2.37. The number of hydrogen-bond donors (Lipinski definition) is 1. The zero-order valence-electron chi connectivity index (χ0n) is 49.5. The average Bonchev–Trinajstić information content (AvgIpc) is 3.37. The van der Waals surface area contributed by atoms with Crippen molar-refractivity contribution >= 4 is 19.8 Å². The summed E-state index contributed by atoms with van der Waals surface area (Å²) in [5, 5.41) is 0. The fourth-order valence-corrected chi connectivity index (χ4v) is 9.47. The highest BCUT2D eigenvalue weighted by Crippen LogP contribution is 2.43. The Bertz CT molecular complexity index is 1500. The van der Waals surface area contributed by atoms with Gasteiger partial charge >= 0.3 is 19.8 Å². The van der Waals surface area contributed by atoms with Gasteiger partial charge in [-0.15, -0.1) is 0 Å². The van der Waals surface area contributed by atoms with E-state index >= 15 is 0 Å². The van der Waals surface area contributed by atoms with Crippen LogP contribution in [-0.4, -0.2) is 74.9 Å². The maximum Gasteiger partial charge on any atom is 0.472 e. The number of carbonyl (C=O) groups is 2. The molecule has 0 fully saturated rings. The van der Waals surface area contributed by atoms with Gasteiger partial charge in [0.1, 0.15) is 19.8 Å². The molecule has 0 saturated carbocycles. The van der Waals surface area contributed by atoms with Crippen molar-refractivity contribution in [1.82, 2.24) is 0 Å². The lowest BCUT2D eigenvalue weighted by Gasteiger charge is -2.24. The lowest BCUT2D eigenvalue weighted by atomic mass is 10.0. The van der Waals surface area contributed by atoms with Gasteiger partial charge < -0.3 is 18.9 Å². The van der Waals surface area contributed by atoms with Crippen LogP contribution in [0.4, 0.5) is 0 Å². The molecule has 0 aromatic rings. The minimum absolute atomic E-state index is 0.0284. The van der Waals surface area contributed by atoms with E-state index in [1.54, 1.807) is 0 Å². The number of nitrogens with zero attached hydrogens (tertiary/aromatic N) is 1. The third-order valence-electron chi connectivity index (χ3n) is 13.5. The number of allylic oxidation sites excluding steroid dienone is 12. The van der Waals surface area contributed by atoms with Gasteiger partial charge in [0.15, 0.2) is 6.10 Å². The molecule has 0 amide bonds. The van der Waals surface area contributed by atoms with Gasteiger partial charge in [0.2, 0.25) is 0 Å². The van der Waals surface area contributed by atoms with Gasteiger partial charge in [-0.25, -0.2) is 4.57 Å². The van der Waals surface area contributed by atoms with Crippen molar-refractivity contribution in [2.75, 3.05) is 47.5 Å². The Hall–Kier alpha value is -2.55. The zero-order valence-corrected chi connectivity index (χ0v) is 50.4. The number of carbonyl (C=O) groups excluding carboxylic acids is 2. The Morgan fingerprint density at radius 1 is 0.427 bits per heavy atom. The number of esters is 2. The predicted octanol–water partition coefficient (Wildman–Crippen LogP) is 19.7. The molecule has 0 aromatic heterocycles. The third kappa shape index (κ3) is 60.5. The first-order valence-electron chi connectivity index (χ1n) is 31.2. The van der Waals surface area contributed by atoms with Crippen LogP contribution in [-0.2, 0) is 32.7 Å². The van der Waals surface area contributed by atoms with Crippen molar-refractivity contribution in [3.8, 4) is 0 Å². The molecule has 2 unspecified atom stereocenters. The molecule has 0 saturated heterocycles. The number of hydrogen-bond acceptors (Lipinski definition) is 7. The van der Waals surface area contributed by atoms with E-state index in [1.165, 1.54) is 161 Å². The molecular weight excluding hydrogens is 954 g/mol. The second-order valence-electron chi connectivity index (χ2n) is 22.1. The van der Waals surface area contributed by atoms with Crippen molar-refractivity contribution < 1.29 is 42.1 Å². The monoisotopic (exact) mass is 1070 g/mol. The fourth-order valence-electron chi connectivity index (χ4n) is 8.73. The molecule has 0 bridgehead atoms. The normalized spacial score (nSPS) is 13.7. The van der Waals surface area contributed by atoms with E-state index in [9.17, 15) is 19.0 Å². The van der Waals surface area contributed by atoms with Crippen molar-refractivity contribution in [2.24, 2.45) is 0 Å². The molecule has 2 atom stereocenters. The molecule has 1 N–H and O–H groups in total. The largest absolute Gasteiger partial charge is 0.472 e. The number of quaternary nitrogens is 1. The van der Waals surface area contributed by atoms with Crippen molar-refractivity contribution in [3.63, 3.8) is 0 Å². The summed E-state index contributed by atoms with van der Waals surface area (Å²) in [4.78, 5) is 35.8. The standard InChI is InChI=1S/C65H118NO8P/c1-6-8-10-12-14-16-18-20-22-24-26-28-30-32-33-34-36-38-40-42-44-46-48-50-52-54-56-58-65(68)74-63(62-73-75(69,70)72-60-59-66(3,4)5)61-71-64(67)57-55-53-51-49-47-45-43-41-39-37-35-31-29-27-25-23-21-19-17-15-13-11-9-7-2/h8,10,14,16,20,22,26,28,32-33,36,38,63H,6-7,9,11-13,15,17-19,21,23-25,27,29-31,34-35,37,39-62H2,1-5H3/p+1/b10-8-,16-14-,22-20-,28-26-,33-32-,38-36-. The summed E-state index contributed by atoms with van der Waals surface area (Å²) >= 11 is 0. The van der Waals surface area contributed by atoms with Crippen LogP contribution in [0.5, 0.6) is 0 Å².